The van der Waals surface area contributed by atoms with Crippen LogP contribution in [0.4, 0.5) is 0 Å². The minimum Gasteiger partial charge on any atom is -0.493 e. The number of benzene rings is 2. The molecule has 1 unspecified atom stereocenters. The van der Waals surface area contributed by atoms with Crippen LogP contribution in [0.1, 0.15) is 29.7 Å². The predicted octanol–water partition coefficient (Wildman–Crippen LogP) is 3.11. The van der Waals surface area contributed by atoms with Crippen LogP contribution in [-0.2, 0) is 17.6 Å². The van der Waals surface area contributed by atoms with Crippen molar-refractivity contribution in [3.05, 3.63) is 65.2 Å². The standard InChI is InChI=1S/C22H29N3O2/c1-3-23-22(25-16-21(26-2)18-7-5-4-6-8-18)24-13-11-17-9-10-20-19(15-17)12-14-27-20/h4-10,15,21H,3,11-14,16H2,1-2H3,(H2,23,24,25). The Morgan fingerprint density at radius 3 is 2.81 bits per heavy atom. The van der Waals surface area contributed by atoms with Gasteiger partial charge in [0.2, 0.25) is 0 Å². The van der Waals surface area contributed by atoms with Crippen molar-refractivity contribution in [2.24, 2.45) is 4.99 Å². The third kappa shape index (κ3) is 5.47. The third-order valence-electron chi connectivity index (χ3n) is 4.68. The average molecular weight is 367 g/mol. The molecule has 0 bridgehead atoms. The summed E-state index contributed by atoms with van der Waals surface area (Å²) in [5.41, 5.74) is 3.78. The third-order valence-corrected chi connectivity index (χ3v) is 4.68. The zero-order valence-electron chi connectivity index (χ0n) is 16.2. The summed E-state index contributed by atoms with van der Waals surface area (Å²) in [6, 6.07) is 16.7. The van der Waals surface area contributed by atoms with Gasteiger partial charge in [-0.1, -0.05) is 42.5 Å². The van der Waals surface area contributed by atoms with Gasteiger partial charge >= 0.3 is 0 Å². The van der Waals surface area contributed by atoms with Crippen molar-refractivity contribution in [2.75, 3.05) is 33.4 Å². The SMILES string of the molecule is CCNC(=NCC(OC)c1ccccc1)NCCc1ccc2c(c1)CCO2. The van der Waals surface area contributed by atoms with Gasteiger partial charge in [0.05, 0.1) is 13.2 Å². The van der Waals surface area contributed by atoms with Crippen molar-refractivity contribution in [2.45, 2.75) is 25.9 Å². The van der Waals surface area contributed by atoms with Crippen LogP contribution in [0.3, 0.4) is 0 Å². The molecule has 0 aliphatic carbocycles. The number of nitrogens with one attached hydrogen (secondary N) is 2. The molecule has 144 valence electrons. The highest BCUT2D eigenvalue weighted by molar-refractivity contribution is 5.79. The Morgan fingerprint density at radius 2 is 2.04 bits per heavy atom. The predicted molar refractivity (Wildman–Crippen MR) is 110 cm³/mol. The number of methoxy groups -OCH3 is 1. The number of rotatable bonds is 8. The highest BCUT2D eigenvalue weighted by Gasteiger charge is 2.12. The summed E-state index contributed by atoms with van der Waals surface area (Å²) >= 11 is 0. The van der Waals surface area contributed by atoms with Gasteiger partial charge in [-0.2, -0.15) is 0 Å². The Kier molecular flexibility index (Phi) is 7.11. The Labute approximate surface area is 161 Å². The summed E-state index contributed by atoms with van der Waals surface area (Å²) in [5, 5.41) is 6.72. The molecule has 5 heteroatoms. The van der Waals surface area contributed by atoms with Crippen LogP contribution < -0.4 is 15.4 Å². The van der Waals surface area contributed by atoms with Crippen LogP contribution in [0.2, 0.25) is 0 Å². The van der Waals surface area contributed by atoms with E-state index in [-0.39, 0.29) is 6.10 Å². The number of ether oxygens (including phenoxy) is 2. The normalized spacial score (nSPS) is 14.4. The van der Waals surface area contributed by atoms with Crippen molar-refractivity contribution >= 4 is 5.96 Å². The fraction of sp³-hybridized carbons (Fsp3) is 0.409. The van der Waals surface area contributed by atoms with Gasteiger partial charge < -0.3 is 20.1 Å². The van der Waals surface area contributed by atoms with E-state index < -0.39 is 0 Å². The smallest absolute Gasteiger partial charge is 0.191 e. The number of guanidine groups is 1. The molecule has 2 aromatic carbocycles. The van der Waals surface area contributed by atoms with E-state index in [4.69, 9.17) is 14.5 Å². The number of hydrogen-bond donors (Lipinski definition) is 2. The molecule has 0 spiro atoms. The molecule has 2 N–H and O–H groups in total. The first kappa shape index (κ1) is 19.2. The van der Waals surface area contributed by atoms with Crippen LogP contribution in [0.25, 0.3) is 0 Å². The van der Waals surface area contributed by atoms with E-state index in [2.05, 4.69) is 47.9 Å². The molecular formula is C22H29N3O2. The van der Waals surface area contributed by atoms with Crippen LogP contribution in [0, 0.1) is 0 Å². The monoisotopic (exact) mass is 367 g/mol. The van der Waals surface area contributed by atoms with Crippen molar-refractivity contribution in [1.82, 2.24) is 10.6 Å². The molecule has 1 aliphatic rings. The second kappa shape index (κ2) is 9.97. The molecule has 0 saturated heterocycles. The zero-order chi connectivity index (χ0) is 18.9. The molecule has 0 amide bonds. The first-order valence-electron chi connectivity index (χ1n) is 9.64. The summed E-state index contributed by atoms with van der Waals surface area (Å²) < 4.78 is 11.2. The number of fused-ring (bicyclic) bond motifs is 1. The summed E-state index contributed by atoms with van der Waals surface area (Å²) in [6.45, 7) is 5.10. The van der Waals surface area contributed by atoms with E-state index in [0.29, 0.717) is 6.54 Å². The molecule has 1 atom stereocenters. The number of aliphatic imine (C=N–C) groups is 1. The van der Waals surface area contributed by atoms with Crippen molar-refractivity contribution < 1.29 is 9.47 Å². The van der Waals surface area contributed by atoms with Gasteiger partial charge in [-0.3, -0.25) is 4.99 Å². The minimum absolute atomic E-state index is 0.0432. The number of nitrogens with zero attached hydrogens (tertiary/aromatic N) is 1. The molecular weight excluding hydrogens is 338 g/mol. The molecule has 3 rings (SSSR count). The Balaban J connectivity index is 1.54. The lowest BCUT2D eigenvalue weighted by Gasteiger charge is -2.16. The van der Waals surface area contributed by atoms with Gasteiger partial charge in [-0.25, -0.2) is 0 Å². The van der Waals surface area contributed by atoms with E-state index >= 15 is 0 Å². The highest BCUT2D eigenvalue weighted by atomic mass is 16.5. The lowest BCUT2D eigenvalue weighted by Crippen LogP contribution is -2.38. The van der Waals surface area contributed by atoms with E-state index in [1.165, 1.54) is 11.1 Å². The van der Waals surface area contributed by atoms with E-state index in [1.54, 1.807) is 7.11 Å². The fourth-order valence-corrected chi connectivity index (χ4v) is 3.22. The van der Waals surface area contributed by atoms with Gasteiger partial charge in [0.1, 0.15) is 11.9 Å². The second-order valence-corrected chi connectivity index (χ2v) is 6.57. The number of hydrogen-bond acceptors (Lipinski definition) is 3. The fourth-order valence-electron chi connectivity index (χ4n) is 3.22. The van der Waals surface area contributed by atoms with Crippen LogP contribution in [0.5, 0.6) is 5.75 Å². The first-order valence-corrected chi connectivity index (χ1v) is 9.64. The molecule has 0 aromatic heterocycles. The van der Waals surface area contributed by atoms with E-state index in [1.807, 2.05) is 18.2 Å². The Bertz CT molecular complexity index is 746. The summed E-state index contributed by atoms with van der Waals surface area (Å²) in [4.78, 5) is 4.70. The molecule has 27 heavy (non-hydrogen) atoms. The van der Waals surface area contributed by atoms with Gasteiger partial charge in [-0.05, 0) is 36.1 Å². The Hall–Kier alpha value is -2.53. The lowest BCUT2D eigenvalue weighted by atomic mass is 10.1. The van der Waals surface area contributed by atoms with Crippen molar-refractivity contribution in [1.29, 1.82) is 0 Å². The average Bonchev–Trinajstić information content (AvgIpc) is 3.17. The van der Waals surface area contributed by atoms with Crippen LogP contribution >= 0.6 is 0 Å². The van der Waals surface area contributed by atoms with Gasteiger partial charge in [0, 0.05) is 26.6 Å². The largest absolute Gasteiger partial charge is 0.493 e. The summed E-state index contributed by atoms with van der Waals surface area (Å²) in [5.74, 6) is 1.85. The molecule has 2 aromatic rings. The molecule has 0 fully saturated rings. The van der Waals surface area contributed by atoms with E-state index in [0.717, 1.165) is 49.8 Å². The Morgan fingerprint density at radius 1 is 1.19 bits per heavy atom. The summed E-state index contributed by atoms with van der Waals surface area (Å²) in [6.07, 6.45) is 1.92. The minimum atomic E-state index is -0.0432. The lowest BCUT2D eigenvalue weighted by molar-refractivity contribution is 0.111. The molecule has 5 nitrogen and oxygen atoms in total. The van der Waals surface area contributed by atoms with Gasteiger partial charge in [-0.15, -0.1) is 0 Å². The maximum Gasteiger partial charge on any atom is 0.191 e. The maximum atomic E-state index is 5.61. The molecule has 0 radical (unpaired) electrons. The highest BCUT2D eigenvalue weighted by Crippen LogP contribution is 2.25. The van der Waals surface area contributed by atoms with Crippen LogP contribution in [0.15, 0.2) is 53.5 Å². The molecule has 1 heterocycles. The van der Waals surface area contributed by atoms with E-state index in [9.17, 15) is 0 Å². The van der Waals surface area contributed by atoms with Gasteiger partial charge in [0.15, 0.2) is 5.96 Å². The summed E-state index contributed by atoms with van der Waals surface area (Å²) in [7, 11) is 1.73. The molecule has 1 aliphatic heterocycles. The second-order valence-electron chi connectivity index (χ2n) is 6.57. The van der Waals surface area contributed by atoms with Gasteiger partial charge in [0.25, 0.3) is 0 Å². The van der Waals surface area contributed by atoms with Crippen LogP contribution in [-0.4, -0.2) is 39.3 Å². The van der Waals surface area contributed by atoms with Crippen molar-refractivity contribution in [3.63, 3.8) is 0 Å². The quantitative estimate of drug-likeness (QED) is 0.556. The maximum absolute atomic E-state index is 5.61. The van der Waals surface area contributed by atoms with Crippen molar-refractivity contribution in [3.8, 4) is 5.75 Å². The topological polar surface area (TPSA) is 54.9 Å². The first-order chi connectivity index (χ1) is 13.3. The molecule has 0 saturated carbocycles. The zero-order valence-corrected chi connectivity index (χ0v) is 16.2.